The van der Waals surface area contributed by atoms with Crippen molar-refractivity contribution in [2.24, 2.45) is 0 Å². The highest BCUT2D eigenvalue weighted by Gasteiger charge is 2.16. The molecule has 2 N–H and O–H groups in total. The highest BCUT2D eigenvalue weighted by Crippen LogP contribution is 2.28. The van der Waals surface area contributed by atoms with E-state index in [0.29, 0.717) is 0 Å². The van der Waals surface area contributed by atoms with Crippen LogP contribution in [0.5, 0.6) is 5.88 Å². The SMILES string of the molecule is Cc1c(N)cnc2c1CCO2. The lowest BCUT2D eigenvalue weighted by atomic mass is 10.1. The van der Waals surface area contributed by atoms with Crippen LogP contribution in [-0.4, -0.2) is 11.6 Å². The molecule has 3 heteroatoms. The number of nitrogens with two attached hydrogens (primary N) is 1. The predicted octanol–water partition coefficient (Wildman–Crippen LogP) is 0.907. The molecule has 1 aromatic rings. The van der Waals surface area contributed by atoms with Crippen molar-refractivity contribution < 1.29 is 4.74 Å². The Bertz CT molecular complexity index is 296. The van der Waals surface area contributed by atoms with Crippen molar-refractivity contribution >= 4 is 5.69 Å². The van der Waals surface area contributed by atoms with Gasteiger partial charge in [-0.15, -0.1) is 0 Å². The molecule has 0 unspecified atom stereocenters. The van der Waals surface area contributed by atoms with Crippen LogP contribution >= 0.6 is 0 Å². The molecule has 0 aromatic carbocycles. The lowest BCUT2D eigenvalue weighted by Crippen LogP contribution is -1.94. The molecule has 0 spiro atoms. The molecule has 11 heavy (non-hydrogen) atoms. The molecule has 2 heterocycles. The van der Waals surface area contributed by atoms with Gasteiger partial charge in [-0.1, -0.05) is 0 Å². The fourth-order valence-corrected chi connectivity index (χ4v) is 1.31. The fourth-order valence-electron chi connectivity index (χ4n) is 1.31. The zero-order chi connectivity index (χ0) is 7.84. The van der Waals surface area contributed by atoms with Crippen molar-refractivity contribution in [3.63, 3.8) is 0 Å². The molecular formula is C8H10N2O. The molecule has 58 valence electrons. The molecule has 0 atom stereocenters. The lowest BCUT2D eigenvalue weighted by Gasteiger charge is -2.03. The van der Waals surface area contributed by atoms with Crippen LogP contribution in [0, 0.1) is 6.92 Å². The number of ether oxygens (including phenoxy) is 1. The summed E-state index contributed by atoms with van der Waals surface area (Å²) in [4.78, 5) is 4.07. The number of anilines is 1. The smallest absolute Gasteiger partial charge is 0.217 e. The van der Waals surface area contributed by atoms with E-state index in [4.69, 9.17) is 10.5 Å². The maximum Gasteiger partial charge on any atom is 0.217 e. The van der Waals surface area contributed by atoms with Crippen molar-refractivity contribution in [2.75, 3.05) is 12.3 Å². The molecule has 1 aromatic heterocycles. The van der Waals surface area contributed by atoms with Crippen LogP contribution in [0.4, 0.5) is 5.69 Å². The average Bonchev–Trinajstić information content (AvgIpc) is 2.45. The van der Waals surface area contributed by atoms with E-state index in [9.17, 15) is 0 Å². The van der Waals surface area contributed by atoms with Crippen LogP contribution < -0.4 is 10.5 Å². The van der Waals surface area contributed by atoms with Gasteiger partial charge in [-0.2, -0.15) is 0 Å². The van der Waals surface area contributed by atoms with Crippen molar-refractivity contribution in [2.45, 2.75) is 13.3 Å². The van der Waals surface area contributed by atoms with Crippen LogP contribution in [0.25, 0.3) is 0 Å². The Balaban J connectivity index is 2.62. The first-order valence-corrected chi connectivity index (χ1v) is 3.66. The number of hydrogen-bond donors (Lipinski definition) is 1. The highest BCUT2D eigenvalue weighted by molar-refractivity contribution is 5.52. The van der Waals surface area contributed by atoms with E-state index in [-0.39, 0.29) is 0 Å². The number of rotatable bonds is 0. The molecular weight excluding hydrogens is 140 g/mol. The first-order valence-electron chi connectivity index (χ1n) is 3.66. The summed E-state index contributed by atoms with van der Waals surface area (Å²) in [6.07, 6.45) is 2.60. The second-order valence-corrected chi connectivity index (χ2v) is 2.72. The maximum atomic E-state index is 5.67. The zero-order valence-corrected chi connectivity index (χ0v) is 6.42. The van der Waals surface area contributed by atoms with Crippen LogP contribution in [0.3, 0.4) is 0 Å². The Labute approximate surface area is 65.2 Å². The van der Waals surface area contributed by atoms with Crippen LogP contribution in [0.2, 0.25) is 0 Å². The summed E-state index contributed by atoms with van der Waals surface area (Å²) < 4.78 is 5.27. The van der Waals surface area contributed by atoms with Crippen LogP contribution in [0.1, 0.15) is 11.1 Å². The van der Waals surface area contributed by atoms with E-state index in [2.05, 4.69) is 4.98 Å². The van der Waals surface area contributed by atoms with E-state index in [1.807, 2.05) is 6.92 Å². The largest absolute Gasteiger partial charge is 0.477 e. The normalized spacial score (nSPS) is 14.3. The summed E-state index contributed by atoms with van der Waals surface area (Å²) in [6, 6.07) is 0. The summed E-state index contributed by atoms with van der Waals surface area (Å²) in [7, 11) is 0. The number of pyridine rings is 1. The molecule has 0 saturated carbocycles. The summed E-state index contributed by atoms with van der Waals surface area (Å²) in [5, 5.41) is 0. The average molecular weight is 150 g/mol. The Morgan fingerprint density at radius 2 is 2.45 bits per heavy atom. The number of hydrogen-bond acceptors (Lipinski definition) is 3. The van der Waals surface area contributed by atoms with Crippen molar-refractivity contribution in [3.8, 4) is 5.88 Å². The quantitative estimate of drug-likeness (QED) is 0.598. The van der Waals surface area contributed by atoms with Gasteiger partial charge < -0.3 is 10.5 Å². The van der Waals surface area contributed by atoms with E-state index in [1.54, 1.807) is 6.20 Å². The fraction of sp³-hybridized carbons (Fsp3) is 0.375. The van der Waals surface area contributed by atoms with Gasteiger partial charge in [-0.25, -0.2) is 4.98 Å². The van der Waals surface area contributed by atoms with Gasteiger partial charge in [0.25, 0.3) is 0 Å². The van der Waals surface area contributed by atoms with Crippen LogP contribution in [0.15, 0.2) is 6.20 Å². The van der Waals surface area contributed by atoms with Gasteiger partial charge >= 0.3 is 0 Å². The molecule has 2 rings (SSSR count). The minimum absolute atomic E-state index is 0.743. The van der Waals surface area contributed by atoms with Gasteiger partial charge in [0.05, 0.1) is 18.5 Å². The number of fused-ring (bicyclic) bond motifs is 1. The minimum Gasteiger partial charge on any atom is -0.477 e. The molecule has 0 fully saturated rings. The topological polar surface area (TPSA) is 48.1 Å². The third-order valence-electron chi connectivity index (χ3n) is 2.06. The minimum atomic E-state index is 0.743. The van der Waals surface area contributed by atoms with Crippen molar-refractivity contribution in [3.05, 3.63) is 17.3 Å². The zero-order valence-electron chi connectivity index (χ0n) is 6.42. The van der Waals surface area contributed by atoms with Crippen molar-refractivity contribution in [1.29, 1.82) is 0 Å². The Morgan fingerprint density at radius 1 is 1.64 bits per heavy atom. The Kier molecular flexibility index (Phi) is 1.24. The molecule has 0 saturated heterocycles. The van der Waals surface area contributed by atoms with Gasteiger partial charge in [0.2, 0.25) is 5.88 Å². The summed E-state index contributed by atoms with van der Waals surface area (Å²) in [5.74, 6) is 0.761. The van der Waals surface area contributed by atoms with Crippen molar-refractivity contribution in [1.82, 2.24) is 4.98 Å². The van der Waals surface area contributed by atoms with E-state index in [1.165, 1.54) is 5.56 Å². The molecule has 0 aliphatic carbocycles. The summed E-state index contributed by atoms with van der Waals surface area (Å²) >= 11 is 0. The molecule has 1 aliphatic heterocycles. The molecule has 1 aliphatic rings. The van der Waals surface area contributed by atoms with Gasteiger partial charge in [-0.3, -0.25) is 0 Å². The Hall–Kier alpha value is -1.25. The third-order valence-corrected chi connectivity index (χ3v) is 2.06. The van der Waals surface area contributed by atoms with E-state index < -0.39 is 0 Å². The number of nitrogens with zero attached hydrogens (tertiary/aromatic N) is 1. The summed E-state index contributed by atoms with van der Waals surface area (Å²) in [6.45, 7) is 2.75. The van der Waals surface area contributed by atoms with Gasteiger partial charge in [0.1, 0.15) is 0 Å². The van der Waals surface area contributed by atoms with E-state index >= 15 is 0 Å². The monoisotopic (exact) mass is 150 g/mol. The van der Waals surface area contributed by atoms with E-state index in [0.717, 1.165) is 30.2 Å². The number of nitrogen functional groups attached to an aromatic ring is 1. The molecule has 0 bridgehead atoms. The molecule has 0 amide bonds. The Morgan fingerprint density at radius 3 is 3.27 bits per heavy atom. The second-order valence-electron chi connectivity index (χ2n) is 2.72. The lowest BCUT2D eigenvalue weighted by molar-refractivity contribution is 0.345. The molecule has 0 radical (unpaired) electrons. The van der Waals surface area contributed by atoms with Gasteiger partial charge in [0.15, 0.2) is 0 Å². The van der Waals surface area contributed by atoms with Crippen LogP contribution in [-0.2, 0) is 6.42 Å². The molecule has 3 nitrogen and oxygen atoms in total. The highest BCUT2D eigenvalue weighted by atomic mass is 16.5. The number of aromatic nitrogens is 1. The second kappa shape index (κ2) is 2.12. The first kappa shape index (κ1) is 6.46. The standard InChI is InChI=1S/C8H10N2O/c1-5-6-2-3-11-8(6)10-4-7(5)9/h4H,2-3,9H2,1H3. The predicted molar refractivity (Wildman–Crippen MR) is 42.6 cm³/mol. The summed E-state index contributed by atoms with van der Waals surface area (Å²) in [5.41, 5.74) is 8.72. The maximum absolute atomic E-state index is 5.67. The third kappa shape index (κ3) is 0.843. The first-order chi connectivity index (χ1) is 5.29. The van der Waals surface area contributed by atoms with Gasteiger partial charge in [0, 0.05) is 12.0 Å². The van der Waals surface area contributed by atoms with Gasteiger partial charge in [-0.05, 0) is 12.5 Å².